The number of aliphatic carboxylic acids is 1. The Morgan fingerprint density at radius 3 is 2.87 bits per heavy atom. The van der Waals surface area contributed by atoms with Gasteiger partial charge in [-0.1, -0.05) is 17.7 Å². The lowest BCUT2D eigenvalue weighted by Crippen LogP contribution is -2.46. The molecule has 1 aromatic heterocycles. The van der Waals surface area contributed by atoms with Crippen molar-refractivity contribution in [3.8, 4) is 0 Å². The number of amidine groups is 1. The van der Waals surface area contributed by atoms with Crippen LogP contribution in [0.4, 0.5) is 4.39 Å². The molecular weight excluding hydrogens is 539 g/mol. The molecular formula is C25H26ClFN4O6S. The van der Waals surface area contributed by atoms with Gasteiger partial charge in [0, 0.05) is 53.9 Å². The molecule has 10 nitrogen and oxygen atoms in total. The van der Waals surface area contributed by atoms with Crippen LogP contribution in [-0.4, -0.2) is 78.0 Å². The Hall–Kier alpha value is -3.19. The number of nitrogens with zero attached hydrogens (tertiary/aromatic N) is 3. The molecule has 2 aromatic rings. The van der Waals surface area contributed by atoms with Crippen LogP contribution in [-0.2, 0) is 23.9 Å². The van der Waals surface area contributed by atoms with Crippen molar-refractivity contribution in [2.75, 3.05) is 33.4 Å². The van der Waals surface area contributed by atoms with E-state index in [1.54, 1.807) is 11.6 Å². The Morgan fingerprint density at radius 2 is 2.18 bits per heavy atom. The Kier molecular flexibility index (Phi) is 9.21. The molecule has 0 amide bonds. The largest absolute Gasteiger partial charge is 0.481 e. The zero-order valence-electron chi connectivity index (χ0n) is 20.5. The van der Waals surface area contributed by atoms with Crippen LogP contribution in [0.3, 0.4) is 0 Å². The fourth-order valence-electron chi connectivity index (χ4n) is 4.37. The number of halogens is 2. The standard InChI is InChI=1S/C25H26ClFN4O6S/c1-36-25(35)21-19(13-31-7-8-37-16(12-31)4-3-15(32)11-20(33)34)29-23(24-28-6-9-38-24)30-22(21)17-5-2-14(27)10-18(17)26/h2,5-6,9-10,16,22H,3-4,7-8,11-13H2,1H3,(H,29,30)(H,33,34)/t16-,22+/m1/s1. The number of esters is 1. The molecule has 13 heteroatoms. The van der Waals surface area contributed by atoms with Crippen molar-refractivity contribution in [3.63, 3.8) is 0 Å². The zero-order chi connectivity index (χ0) is 27.2. The van der Waals surface area contributed by atoms with E-state index in [9.17, 15) is 18.8 Å². The summed E-state index contributed by atoms with van der Waals surface area (Å²) in [6, 6.07) is 3.06. The van der Waals surface area contributed by atoms with Gasteiger partial charge in [0.05, 0.1) is 25.4 Å². The minimum absolute atomic E-state index is 0.102. The van der Waals surface area contributed by atoms with Gasteiger partial charge in [0.1, 0.15) is 24.1 Å². The molecule has 0 bridgehead atoms. The number of hydrogen-bond acceptors (Lipinski definition) is 10. The Labute approximate surface area is 227 Å². The minimum Gasteiger partial charge on any atom is -0.481 e. The molecule has 202 valence electrons. The minimum atomic E-state index is -1.15. The van der Waals surface area contributed by atoms with Crippen LogP contribution >= 0.6 is 22.9 Å². The van der Waals surface area contributed by atoms with Crippen molar-refractivity contribution < 1.29 is 33.4 Å². The molecule has 1 aromatic carbocycles. The third-order valence-corrected chi connectivity index (χ3v) is 7.23. The lowest BCUT2D eigenvalue weighted by Gasteiger charge is -2.35. The SMILES string of the molecule is COC(=O)C1=C(CN2CCO[C@H](CCC(=O)CC(=O)O)C2)NC(c2nccs2)=N[C@H]1c1ccc(F)cc1Cl. The first-order valence-corrected chi connectivity index (χ1v) is 13.1. The van der Waals surface area contributed by atoms with Gasteiger partial charge in [0.15, 0.2) is 10.8 Å². The fraction of sp³-hybridized carbons (Fsp3) is 0.400. The summed E-state index contributed by atoms with van der Waals surface area (Å²) in [5, 5.41) is 14.6. The Bertz CT molecular complexity index is 1270. The molecule has 0 saturated carbocycles. The average Bonchev–Trinajstić information content (AvgIpc) is 3.42. The number of rotatable bonds is 10. The van der Waals surface area contributed by atoms with Crippen LogP contribution in [0.1, 0.15) is 35.9 Å². The van der Waals surface area contributed by atoms with Crippen LogP contribution in [0, 0.1) is 5.82 Å². The van der Waals surface area contributed by atoms with E-state index in [1.807, 2.05) is 0 Å². The number of aliphatic imine (C=N–C) groups is 1. The molecule has 38 heavy (non-hydrogen) atoms. The van der Waals surface area contributed by atoms with E-state index in [-0.39, 0.29) is 28.9 Å². The van der Waals surface area contributed by atoms with E-state index in [4.69, 9.17) is 31.2 Å². The van der Waals surface area contributed by atoms with Crippen molar-refractivity contribution >= 4 is 46.5 Å². The number of carboxylic acids is 1. The summed E-state index contributed by atoms with van der Waals surface area (Å²) in [5.74, 6) is -2.19. The summed E-state index contributed by atoms with van der Waals surface area (Å²) < 4.78 is 24.7. The zero-order valence-corrected chi connectivity index (χ0v) is 22.1. The van der Waals surface area contributed by atoms with Gasteiger partial charge in [-0.2, -0.15) is 0 Å². The fourth-order valence-corrected chi connectivity index (χ4v) is 5.23. The maximum absolute atomic E-state index is 13.8. The third-order valence-electron chi connectivity index (χ3n) is 6.12. The first-order chi connectivity index (χ1) is 18.2. The summed E-state index contributed by atoms with van der Waals surface area (Å²) in [6.45, 7) is 1.73. The van der Waals surface area contributed by atoms with Crippen LogP contribution in [0.5, 0.6) is 0 Å². The van der Waals surface area contributed by atoms with E-state index < -0.39 is 30.2 Å². The van der Waals surface area contributed by atoms with Crippen LogP contribution < -0.4 is 5.32 Å². The Balaban J connectivity index is 1.62. The number of methoxy groups -OCH3 is 1. The maximum atomic E-state index is 13.8. The number of carbonyl (C=O) groups excluding carboxylic acids is 2. The smallest absolute Gasteiger partial charge is 0.338 e. The van der Waals surface area contributed by atoms with E-state index in [1.165, 1.54) is 36.6 Å². The van der Waals surface area contributed by atoms with Crippen LogP contribution in [0.25, 0.3) is 0 Å². The number of nitrogens with one attached hydrogen (secondary N) is 1. The van der Waals surface area contributed by atoms with Gasteiger partial charge in [-0.15, -0.1) is 11.3 Å². The highest BCUT2D eigenvalue weighted by atomic mass is 35.5. The molecule has 0 aliphatic carbocycles. The summed E-state index contributed by atoms with van der Waals surface area (Å²) >= 11 is 7.76. The molecule has 2 atom stereocenters. The number of ketones is 1. The first-order valence-electron chi connectivity index (χ1n) is 11.8. The lowest BCUT2D eigenvalue weighted by atomic mass is 9.95. The number of Topliss-reactive ketones (excluding diaryl/α,β-unsaturated/α-hetero) is 1. The number of hydrogen-bond donors (Lipinski definition) is 2. The van der Waals surface area contributed by atoms with Crippen LogP contribution in [0.15, 0.2) is 46.0 Å². The quantitative estimate of drug-likeness (QED) is 0.330. The van der Waals surface area contributed by atoms with Crippen molar-refractivity contribution in [1.82, 2.24) is 15.2 Å². The second-order valence-electron chi connectivity index (χ2n) is 8.77. The average molecular weight is 565 g/mol. The van der Waals surface area contributed by atoms with Crippen molar-refractivity contribution in [2.24, 2.45) is 4.99 Å². The second kappa shape index (κ2) is 12.6. The summed E-state index contributed by atoms with van der Waals surface area (Å²) in [5.41, 5.74) is 1.21. The summed E-state index contributed by atoms with van der Waals surface area (Å²) in [7, 11) is 1.27. The Morgan fingerprint density at radius 1 is 1.37 bits per heavy atom. The number of aromatic nitrogens is 1. The molecule has 0 spiro atoms. The van der Waals surface area contributed by atoms with Crippen molar-refractivity contribution in [1.29, 1.82) is 0 Å². The topological polar surface area (TPSA) is 130 Å². The number of morpholine rings is 1. The molecule has 0 unspecified atom stereocenters. The maximum Gasteiger partial charge on any atom is 0.338 e. The van der Waals surface area contributed by atoms with Gasteiger partial charge >= 0.3 is 11.9 Å². The van der Waals surface area contributed by atoms with Gasteiger partial charge in [0.2, 0.25) is 0 Å². The molecule has 3 heterocycles. The number of carboxylic acid groups (broad SMARTS) is 1. The second-order valence-corrected chi connectivity index (χ2v) is 10.1. The third kappa shape index (κ3) is 6.81. The monoisotopic (exact) mass is 564 g/mol. The number of ether oxygens (including phenoxy) is 2. The van der Waals surface area contributed by atoms with Gasteiger partial charge in [-0.25, -0.2) is 14.2 Å². The summed E-state index contributed by atoms with van der Waals surface area (Å²) in [4.78, 5) is 46.8. The molecule has 4 rings (SSSR count). The van der Waals surface area contributed by atoms with E-state index in [0.717, 1.165) is 0 Å². The van der Waals surface area contributed by atoms with Gasteiger partial charge < -0.3 is 19.9 Å². The van der Waals surface area contributed by atoms with E-state index in [0.29, 0.717) is 54.8 Å². The number of thiazole rings is 1. The molecule has 0 radical (unpaired) electrons. The van der Waals surface area contributed by atoms with Crippen molar-refractivity contribution in [2.45, 2.75) is 31.4 Å². The van der Waals surface area contributed by atoms with Crippen LogP contribution in [0.2, 0.25) is 5.02 Å². The first kappa shape index (κ1) is 27.8. The van der Waals surface area contributed by atoms with Gasteiger partial charge in [-0.05, 0) is 18.6 Å². The van der Waals surface area contributed by atoms with Gasteiger partial charge in [0.25, 0.3) is 0 Å². The van der Waals surface area contributed by atoms with E-state index in [2.05, 4.69) is 15.2 Å². The van der Waals surface area contributed by atoms with Crippen molar-refractivity contribution in [3.05, 3.63) is 62.5 Å². The van der Waals surface area contributed by atoms with Gasteiger partial charge in [-0.3, -0.25) is 19.5 Å². The molecule has 2 N–H and O–H groups in total. The normalized spacial score (nSPS) is 20.0. The highest BCUT2D eigenvalue weighted by molar-refractivity contribution is 7.11. The predicted molar refractivity (Wildman–Crippen MR) is 138 cm³/mol. The molecule has 1 fully saturated rings. The molecule has 2 aliphatic rings. The predicted octanol–water partition coefficient (Wildman–Crippen LogP) is 2.98. The van der Waals surface area contributed by atoms with E-state index >= 15 is 0 Å². The molecule has 1 saturated heterocycles. The number of carbonyl (C=O) groups is 3. The lowest BCUT2D eigenvalue weighted by molar-refractivity contribution is -0.140. The highest BCUT2D eigenvalue weighted by Crippen LogP contribution is 2.37. The summed E-state index contributed by atoms with van der Waals surface area (Å²) in [6.07, 6.45) is 1.34. The molecule has 2 aliphatic heterocycles. The number of benzene rings is 1. The highest BCUT2D eigenvalue weighted by Gasteiger charge is 2.35.